The summed E-state index contributed by atoms with van der Waals surface area (Å²) in [7, 11) is 0. The van der Waals surface area contributed by atoms with E-state index in [-0.39, 0.29) is 17.4 Å². The van der Waals surface area contributed by atoms with Crippen LogP contribution in [0.5, 0.6) is 0 Å². The van der Waals surface area contributed by atoms with E-state index in [1.165, 1.54) is 6.33 Å². The van der Waals surface area contributed by atoms with E-state index in [1.54, 1.807) is 6.07 Å². The molecule has 0 aliphatic heterocycles. The fourth-order valence-corrected chi connectivity index (χ4v) is 2.55. The minimum absolute atomic E-state index is 0.188. The maximum absolute atomic E-state index is 12.6. The van der Waals surface area contributed by atoms with Crippen LogP contribution < -0.4 is 11.1 Å². The molecule has 2 heterocycles. The summed E-state index contributed by atoms with van der Waals surface area (Å²) in [5, 5.41) is 9.84. The molecule has 8 nitrogen and oxygen atoms in total. The molecule has 0 saturated heterocycles. The summed E-state index contributed by atoms with van der Waals surface area (Å²) in [6.07, 6.45) is 2.50. The lowest BCUT2D eigenvalue weighted by molar-refractivity contribution is -0.107. The van der Waals surface area contributed by atoms with E-state index in [0.717, 1.165) is 23.0 Å². The van der Waals surface area contributed by atoms with Crippen LogP contribution in [0.25, 0.3) is 11.0 Å². The van der Waals surface area contributed by atoms with Gasteiger partial charge in [0.2, 0.25) is 0 Å². The first-order valence-electron chi connectivity index (χ1n) is 7.31. The fourth-order valence-electron chi connectivity index (χ4n) is 2.55. The van der Waals surface area contributed by atoms with Crippen molar-refractivity contribution in [2.45, 2.75) is 20.3 Å². The minimum Gasteiger partial charge on any atom is -0.383 e. The SMILES string of the molecule is Cc1c(CC=O)ccc(NC(=O)c2[nH]nc3ncnc(N)c23)c1C. The number of nitrogen functional groups attached to an aromatic ring is 1. The van der Waals surface area contributed by atoms with E-state index in [4.69, 9.17) is 5.73 Å². The maximum atomic E-state index is 12.6. The molecule has 0 aliphatic rings. The summed E-state index contributed by atoms with van der Waals surface area (Å²) in [6, 6.07) is 3.60. The number of anilines is 2. The van der Waals surface area contributed by atoms with Crippen LogP contribution in [0.1, 0.15) is 27.2 Å². The first kappa shape index (κ1) is 15.6. The number of H-pyrrole nitrogens is 1. The monoisotopic (exact) mass is 324 g/mol. The van der Waals surface area contributed by atoms with Gasteiger partial charge >= 0.3 is 0 Å². The van der Waals surface area contributed by atoms with Crippen LogP contribution in [0.15, 0.2) is 18.5 Å². The van der Waals surface area contributed by atoms with E-state index >= 15 is 0 Å². The van der Waals surface area contributed by atoms with Crippen molar-refractivity contribution in [3.63, 3.8) is 0 Å². The van der Waals surface area contributed by atoms with Gasteiger partial charge in [-0.25, -0.2) is 9.97 Å². The highest BCUT2D eigenvalue weighted by molar-refractivity contribution is 6.13. The van der Waals surface area contributed by atoms with Crippen LogP contribution in [0.3, 0.4) is 0 Å². The standard InChI is InChI=1S/C16H16N6O2/c1-8-9(2)11(4-3-10(8)5-6-23)20-16(24)13-12-14(17)18-7-19-15(12)22-21-13/h3-4,6-7H,5H2,1-2H3,(H,20,24)(H3,17,18,19,21,22). The molecule has 0 bridgehead atoms. The van der Waals surface area contributed by atoms with E-state index in [2.05, 4.69) is 25.5 Å². The van der Waals surface area contributed by atoms with Gasteiger partial charge in [-0.3, -0.25) is 9.89 Å². The zero-order chi connectivity index (χ0) is 17.3. The van der Waals surface area contributed by atoms with Crippen LogP contribution >= 0.6 is 0 Å². The van der Waals surface area contributed by atoms with E-state index in [0.29, 0.717) is 23.1 Å². The number of hydrogen-bond donors (Lipinski definition) is 3. The highest BCUT2D eigenvalue weighted by atomic mass is 16.2. The summed E-state index contributed by atoms with van der Waals surface area (Å²) < 4.78 is 0. The largest absolute Gasteiger partial charge is 0.383 e. The molecule has 0 atom stereocenters. The molecule has 1 amide bonds. The number of benzene rings is 1. The lowest BCUT2D eigenvalue weighted by atomic mass is 9.99. The van der Waals surface area contributed by atoms with Gasteiger partial charge in [0.25, 0.3) is 5.91 Å². The van der Waals surface area contributed by atoms with E-state index in [9.17, 15) is 9.59 Å². The Morgan fingerprint density at radius 3 is 2.83 bits per heavy atom. The number of nitrogens with two attached hydrogens (primary N) is 1. The van der Waals surface area contributed by atoms with Crippen molar-refractivity contribution >= 4 is 34.7 Å². The smallest absolute Gasteiger partial charge is 0.274 e. The summed E-state index contributed by atoms with van der Waals surface area (Å²) in [5.41, 5.74) is 9.82. The Hall–Kier alpha value is -3.29. The number of fused-ring (bicyclic) bond motifs is 1. The number of nitrogens with one attached hydrogen (secondary N) is 2. The molecule has 0 fully saturated rings. The van der Waals surface area contributed by atoms with Gasteiger partial charge in [-0.2, -0.15) is 5.10 Å². The van der Waals surface area contributed by atoms with Gasteiger partial charge in [-0.1, -0.05) is 6.07 Å². The Morgan fingerprint density at radius 2 is 2.08 bits per heavy atom. The number of nitrogens with zero attached hydrogens (tertiary/aromatic N) is 3. The third kappa shape index (κ3) is 2.58. The van der Waals surface area contributed by atoms with Gasteiger partial charge in [0.05, 0.1) is 5.39 Å². The molecule has 122 valence electrons. The number of carbonyl (C=O) groups excluding carboxylic acids is 2. The molecule has 24 heavy (non-hydrogen) atoms. The molecule has 3 aromatic rings. The number of aromatic nitrogens is 4. The van der Waals surface area contributed by atoms with Crippen molar-refractivity contribution in [1.29, 1.82) is 0 Å². The molecule has 0 spiro atoms. The highest BCUT2D eigenvalue weighted by Crippen LogP contribution is 2.24. The molecule has 0 aliphatic carbocycles. The average molecular weight is 324 g/mol. The van der Waals surface area contributed by atoms with Gasteiger partial charge in [0.1, 0.15) is 24.1 Å². The highest BCUT2D eigenvalue weighted by Gasteiger charge is 2.18. The Balaban J connectivity index is 1.95. The summed E-state index contributed by atoms with van der Waals surface area (Å²) in [5.74, 6) is -0.197. The molecule has 4 N–H and O–H groups in total. The Bertz CT molecular complexity index is 947. The van der Waals surface area contributed by atoms with Crippen LogP contribution in [0.2, 0.25) is 0 Å². The fraction of sp³-hybridized carbons (Fsp3) is 0.188. The molecule has 8 heteroatoms. The van der Waals surface area contributed by atoms with E-state index in [1.807, 2.05) is 19.9 Å². The third-order valence-corrected chi connectivity index (χ3v) is 4.06. The molecular formula is C16H16N6O2. The molecule has 1 aromatic carbocycles. The summed E-state index contributed by atoms with van der Waals surface area (Å²) in [6.45, 7) is 3.81. The second-order valence-corrected chi connectivity index (χ2v) is 5.40. The van der Waals surface area contributed by atoms with Crippen molar-refractivity contribution in [1.82, 2.24) is 20.2 Å². The molecule has 0 radical (unpaired) electrons. The first-order chi connectivity index (χ1) is 11.5. The Labute approximate surface area is 137 Å². The number of amides is 1. The van der Waals surface area contributed by atoms with Crippen LogP contribution in [-0.2, 0) is 11.2 Å². The lowest BCUT2D eigenvalue weighted by Gasteiger charge is -2.13. The normalized spacial score (nSPS) is 10.8. The predicted molar refractivity (Wildman–Crippen MR) is 89.7 cm³/mol. The molecule has 3 rings (SSSR count). The second kappa shape index (κ2) is 6.07. The first-order valence-corrected chi connectivity index (χ1v) is 7.31. The zero-order valence-electron chi connectivity index (χ0n) is 13.3. The van der Waals surface area contributed by atoms with Gasteiger partial charge < -0.3 is 15.8 Å². The predicted octanol–water partition coefficient (Wildman–Crippen LogP) is 1.55. The van der Waals surface area contributed by atoms with Crippen LogP contribution in [-0.4, -0.2) is 32.4 Å². The van der Waals surface area contributed by atoms with Gasteiger partial charge in [0.15, 0.2) is 5.65 Å². The van der Waals surface area contributed by atoms with Gasteiger partial charge in [-0.05, 0) is 36.6 Å². The van der Waals surface area contributed by atoms with Gasteiger partial charge in [-0.15, -0.1) is 0 Å². The van der Waals surface area contributed by atoms with Crippen molar-refractivity contribution in [3.8, 4) is 0 Å². The lowest BCUT2D eigenvalue weighted by Crippen LogP contribution is -2.15. The van der Waals surface area contributed by atoms with Crippen molar-refractivity contribution in [2.75, 3.05) is 11.1 Å². The average Bonchev–Trinajstić information content (AvgIpc) is 3.00. The van der Waals surface area contributed by atoms with Crippen LogP contribution in [0.4, 0.5) is 11.5 Å². The second-order valence-electron chi connectivity index (χ2n) is 5.40. The maximum Gasteiger partial charge on any atom is 0.274 e. The number of hydrogen-bond acceptors (Lipinski definition) is 6. The number of carbonyl (C=O) groups is 2. The van der Waals surface area contributed by atoms with E-state index < -0.39 is 0 Å². The van der Waals surface area contributed by atoms with Crippen molar-refractivity contribution in [3.05, 3.63) is 40.8 Å². The van der Waals surface area contributed by atoms with Crippen molar-refractivity contribution in [2.24, 2.45) is 0 Å². The molecule has 0 unspecified atom stereocenters. The zero-order valence-corrected chi connectivity index (χ0v) is 13.3. The third-order valence-electron chi connectivity index (χ3n) is 4.06. The van der Waals surface area contributed by atoms with Crippen LogP contribution in [0, 0.1) is 13.8 Å². The topological polar surface area (TPSA) is 127 Å². The summed E-state index contributed by atoms with van der Waals surface area (Å²) >= 11 is 0. The quantitative estimate of drug-likeness (QED) is 0.625. The minimum atomic E-state index is -0.385. The number of aromatic amines is 1. The molecule has 2 aromatic heterocycles. The van der Waals surface area contributed by atoms with Gasteiger partial charge in [0, 0.05) is 12.1 Å². The Morgan fingerprint density at radius 1 is 1.29 bits per heavy atom. The van der Waals surface area contributed by atoms with Crippen molar-refractivity contribution < 1.29 is 9.59 Å². The number of aldehydes is 1. The molecule has 0 saturated carbocycles. The molecular weight excluding hydrogens is 308 g/mol. The summed E-state index contributed by atoms with van der Waals surface area (Å²) in [4.78, 5) is 31.1. The number of rotatable bonds is 4. The Kier molecular flexibility index (Phi) is 3.95.